The Balaban J connectivity index is 1.26. The molecule has 1 aliphatic heterocycles. The number of nitrogens with one attached hydrogen (secondary N) is 1. The van der Waals surface area contributed by atoms with Gasteiger partial charge in [0.05, 0.1) is 6.10 Å². The van der Waals surface area contributed by atoms with Gasteiger partial charge in [-0.15, -0.1) is 0 Å². The third-order valence-corrected chi connectivity index (χ3v) is 6.66. The normalized spacial score (nSPS) is 15.3. The second-order valence-corrected chi connectivity index (χ2v) is 9.49. The van der Waals surface area contributed by atoms with Gasteiger partial charge in [-0.2, -0.15) is 0 Å². The molecule has 0 radical (unpaired) electrons. The number of aryl methyl sites for hydroxylation is 2. The van der Waals surface area contributed by atoms with E-state index >= 15 is 0 Å². The molecular formula is C31H30N2O5. The van der Waals surface area contributed by atoms with Gasteiger partial charge in [0.1, 0.15) is 28.9 Å². The van der Waals surface area contributed by atoms with E-state index < -0.39 is 12.1 Å². The SMILES string of the molecule is Cc1ccc(Oc2cc(-c3ccc4c(c3)CCC(CNCC(O)c3cccnc3)O4)ccc2C(=O)O)cc1. The molecule has 5 rings (SSSR count). The van der Waals surface area contributed by atoms with Crippen LogP contribution in [0.2, 0.25) is 0 Å². The Bertz CT molecular complexity index is 1410. The number of aromatic carboxylic acids is 1. The molecule has 1 aliphatic rings. The Kier molecular flexibility index (Phi) is 7.67. The van der Waals surface area contributed by atoms with E-state index in [1.165, 1.54) is 0 Å². The molecule has 194 valence electrons. The molecule has 0 spiro atoms. The summed E-state index contributed by atoms with van der Waals surface area (Å²) in [6, 6.07) is 22.4. The van der Waals surface area contributed by atoms with E-state index in [-0.39, 0.29) is 11.7 Å². The summed E-state index contributed by atoms with van der Waals surface area (Å²) in [5.41, 5.74) is 4.94. The van der Waals surface area contributed by atoms with Crippen molar-refractivity contribution in [3.8, 4) is 28.4 Å². The minimum atomic E-state index is -1.04. The van der Waals surface area contributed by atoms with Crippen LogP contribution >= 0.6 is 0 Å². The number of carbonyl (C=O) groups is 1. The zero-order chi connectivity index (χ0) is 26.5. The van der Waals surface area contributed by atoms with Gasteiger partial charge in [0.2, 0.25) is 0 Å². The van der Waals surface area contributed by atoms with Gasteiger partial charge in [-0.1, -0.05) is 35.9 Å². The van der Waals surface area contributed by atoms with Crippen molar-refractivity contribution in [2.24, 2.45) is 0 Å². The zero-order valence-electron chi connectivity index (χ0n) is 21.1. The molecule has 1 aromatic heterocycles. The number of nitrogens with zero attached hydrogens (tertiary/aromatic N) is 1. The Morgan fingerprint density at radius 3 is 2.66 bits per heavy atom. The first-order valence-electron chi connectivity index (χ1n) is 12.7. The van der Waals surface area contributed by atoms with Gasteiger partial charge in [-0.05, 0) is 78.9 Å². The van der Waals surface area contributed by atoms with Crippen molar-refractivity contribution in [1.82, 2.24) is 10.3 Å². The summed E-state index contributed by atoms with van der Waals surface area (Å²) in [4.78, 5) is 15.9. The van der Waals surface area contributed by atoms with Gasteiger partial charge in [-0.25, -0.2) is 4.79 Å². The number of aromatic nitrogens is 1. The van der Waals surface area contributed by atoms with Crippen molar-refractivity contribution >= 4 is 5.97 Å². The first kappa shape index (κ1) is 25.4. The van der Waals surface area contributed by atoms with Crippen LogP contribution in [0.15, 0.2) is 85.2 Å². The molecule has 0 fully saturated rings. The highest BCUT2D eigenvalue weighted by Crippen LogP contribution is 2.35. The van der Waals surface area contributed by atoms with Gasteiger partial charge in [0.25, 0.3) is 0 Å². The largest absolute Gasteiger partial charge is 0.489 e. The Hall–Kier alpha value is -4.20. The number of pyridine rings is 1. The molecule has 2 atom stereocenters. The fourth-order valence-electron chi connectivity index (χ4n) is 4.54. The van der Waals surface area contributed by atoms with Crippen LogP contribution in [-0.4, -0.2) is 40.4 Å². The quantitative estimate of drug-likeness (QED) is 0.271. The maximum atomic E-state index is 11.8. The van der Waals surface area contributed by atoms with Crippen LogP contribution in [0.5, 0.6) is 17.2 Å². The minimum Gasteiger partial charge on any atom is -0.489 e. The molecule has 3 N–H and O–H groups in total. The van der Waals surface area contributed by atoms with Crippen molar-refractivity contribution in [2.75, 3.05) is 13.1 Å². The molecule has 0 bridgehead atoms. The van der Waals surface area contributed by atoms with Crippen molar-refractivity contribution in [3.63, 3.8) is 0 Å². The molecule has 2 heterocycles. The molecule has 4 aromatic rings. The van der Waals surface area contributed by atoms with E-state index in [1.807, 2.05) is 55.5 Å². The first-order chi connectivity index (χ1) is 18.5. The topological polar surface area (TPSA) is 101 Å². The number of benzene rings is 3. The van der Waals surface area contributed by atoms with Crippen LogP contribution in [0.3, 0.4) is 0 Å². The maximum absolute atomic E-state index is 11.8. The van der Waals surface area contributed by atoms with E-state index in [2.05, 4.69) is 16.4 Å². The summed E-state index contributed by atoms with van der Waals surface area (Å²) in [5.74, 6) is 0.692. The molecule has 0 saturated heterocycles. The fraction of sp³-hybridized carbons (Fsp3) is 0.226. The number of aliphatic hydroxyl groups is 1. The van der Waals surface area contributed by atoms with E-state index in [9.17, 15) is 15.0 Å². The molecule has 0 saturated carbocycles. The standard InChI is InChI=1S/C31H30N2O5/c1-20-4-9-25(10-5-20)37-30-16-22(7-12-27(30)31(35)36)21-8-13-29-23(15-21)6-11-26(38-29)18-33-19-28(34)24-3-2-14-32-17-24/h2-5,7-10,12-17,26,28,33-34H,6,11,18-19H2,1H3,(H,35,36). The van der Waals surface area contributed by atoms with Crippen LogP contribution < -0.4 is 14.8 Å². The molecule has 0 aliphatic carbocycles. The molecule has 7 heteroatoms. The highest BCUT2D eigenvalue weighted by atomic mass is 16.5. The average Bonchev–Trinajstić information content (AvgIpc) is 2.94. The first-order valence-corrected chi connectivity index (χ1v) is 12.7. The second-order valence-electron chi connectivity index (χ2n) is 9.49. The Labute approximate surface area is 221 Å². The van der Waals surface area contributed by atoms with Gasteiger partial charge in [-0.3, -0.25) is 4.98 Å². The van der Waals surface area contributed by atoms with E-state index in [0.717, 1.165) is 46.4 Å². The van der Waals surface area contributed by atoms with Crippen LogP contribution in [0.4, 0.5) is 0 Å². The summed E-state index contributed by atoms with van der Waals surface area (Å²) < 4.78 is 12.2. The lowest BCUT2D eigenvalue weighted by molar-refractivity contribution is 0.0694. The number of hydrogen-bond acceptors (Lipinski definition) is 6. The number of ether oxygens (including phenoxy) is 2. The highest BCUT2D eigenvalue weighted by molar-refractivity contribution is 5.92. The van der Waals surface area contributed by atoms with Crippen LogP contribution in [0.1, 0.15) is 39.6 Å². The van der Waals surface area contributed by atoms with E-state index in [4.69, 9.17) is 9.47 Å². The summed E-state index contributed by atoms with van der Waals surface area (Å²) >= 11 is 0. The third-order valence-electron chi connectivity index (χ3n) is 6.66. The van der Waals surface area contributed by atoms with Gasteiger partial charge >= 0.3 is 5.97 Å². The molecule has 2 unspecified atom stereocenters. The predicted octanol–water partition coefficient (Wildman–Crippen LogP) is 5.56. The lowest BCUT2D eigenvalue weighted by Gasteiger charge is -2.27. The number of carboxylic acid groups (broad SMARTS) is 1. The smallest absolute Gasteiger partial charge is 0.339 e. The maximum Gasteiger partial charge on any atom is 0.339 e. The molecule has 38 heavy (non-hydrogen) atoms. The Morgan fingerprint density at radius 1 is 1.11 bits per heavy atom. The summed E-state index contributed by atoms with van der Waals surface area (Å²) in [6.07, 6.45) is 4.47. The van der Waals surface area contributed by atoms with E-state index in [0.29, 0.717) is 24.6 Å². The number of hydrogen-bond donors (Lipinski definition) is 3. The van der Waals surface area contributed by atoms with Crippen LogP contribution in [0.25, 0.3) is 11.1 Å². The third kappa shape index (κ3) is 6.02. The number of fused-ring (bicyclic) bond motifs is 1. The average molecular weight is 511 g/mol. The van der Waals surface area contributed by atoms with Gasteiger partial charge < -0.3 is 25.0 Å². The van der Waals surface area contributed by atoms with Crippen molar-refractivity contribution in [1.29, 1.82) is 0 Å². The van der Waals surface area contributed by atoms with E-state index in [1.54, 1.807) is 30.6 Å². The number of aliphatic hydroxyl groups excluding tert-OH is 1. The molecule has 7 nitrogen and oxygen atoms in total. The minimum absolute atomic E-state index is 0.0128. The number of carboxylic acids is 1. The lowest BCUT2D eigenvalue weighted by atomic mass is 9.96. The lowest BCUT2D eigenvalue weighted by Crippen LogP contribution is -2.36. The summed E-state index contributed by atoms with van der Waals surface area (Å²) in [7, 11) is 0. The van der Waals surface area contributed by atoms with Crippen LogP contribution in [0, 0.1) is 6.92 Å². The molecule has 0 amide bonds. The fourth-order valence-corrected chi connectivity index (χ4v) is 4.54. The van der Waals surface area contributed by atoms with Crippen molar-refractivity contribution in [2.45, 2.75) is 32.0 Å². The van der Waals surface area contributed by atoms with Gasteiger partial charge in [0, 0.05) is 31.0 Å². The highest BCUT2D eigenvalue weighted by Gasteiger charge is 2.21. The van der Waals surface area contributed by atoms with Crippen molar-refractivity contribution < 1.29 is 24.5 Å². The van der Waals surface area contributed by atoms with Crippen molar-refractivity contribution in [3.05, 3.63) is 107 Å². The monoisotopic (exact) mass is 510 g/mol. The second kappa shape index (κ2) is 11.5. The molecular weight excluding hydrogens is 480 g/mol. The predicted molar refractivity (Wildman–Crippen MR) is 145 cm³/mol. The summed E-state index contributed by atoms with van der Waals surface area (Å²) in [5, 5.41) is 23.3. The zero-order valence-corrected chi connectivity index (χ0v) is 21.1. The summed E-state index contributed by atoms with van der Waals surface area (Å²) in [6.45, 7) is 3.05. The molecule has 3 aromatic carbocycles. The number of rotatable bonds is 9. The van der Waals surface area contributed by atoms with Gasteiger partial charge in [0.15, 0.2) is 0 Å². The van der Waals surface area contributed by atoms with Crippen LogP contribution in [-0.2, 0) is 6.42 Å². The Morgan fingerprint density at radius 2 is 1.89 bits per heavy atom.